The van der Waals surface area contributed by atoms with Gasteiger partial charge in [-0.25, -0.2) is 4.68 Å². The summed E-state index contributed by atoms with van der Waals surface area (Å²) < 4.78 is 12.7. The number of aromatic nitrogens is 2. The minimum absolute atomic E-state index is 0.209. The lowest BCUT2D eigenvalue weighted by molar-refractivity contribution is 0.0947. The van der Waals surface area contributed by atoms with Crippen molar-refractivity contribution in [3.05, 3.63) is 71.5 Å². The molecule has 0 aliphatic carbocycles. The number of nitrogens with one attached hydrogen (secondary N) is 1. The van der Waals surface area contributed by atoms with Gasteiger partial charge in [-0.2, -0.15) is 5.10 Å². The molecule has 0 unspecified atom stereocenters. The van der Waals surface area contributed by atoms with E-state index in [2.05, 4.69) is 36.2 Å². The van der Waals surface area contributed by atoms with Gasteiger partial charge in [0.25, 0.3) is 5.91 Å². The Bertz CT molecular complexity index is 1090. The minimum Gasteiger partial charge on any atom is -0.497 e. The van der Waals surface area contributed by atoms with Crippen LogP contribution in [0.4, 0.5) is 0 Å². The van der Waals surface area contributed by atoms with E-state index >= 15 is 0 Å². The van der Waals surface area contributed by atoms with Crippen LogP contribution in [-0.2, 0) is 6.54 Å². The second-order valence-electron chi connectivity index (χ2n) is 8.63. The summed E-state index contributed by atoms with van der Waals surface area (Å²) in [5.74, 6) is 1.27. The van der Waals surface area contributed by atoms with E-state index < -0.39 is 0 Å². The van der Waals surface area contributed by atoms with Crippen LogP contribution in [0.2, 0.25) is 0 Å². The molecule has 1 atom stereocenters. The van der Waals surface area contributed by atoms with Crippen LogP contribution in [-0.4, -0.2) is 53.9 Å². The van der Waals surface area contributed by atoms with Crippen LogP contribution >= 0.6 is 0 Å². The maximum atomic E-state index is 13.0. The Morgan fingerprint density at radius 3 is 2.61 bits per heavy atom. The number of hydrogen-bond donors (Lipinski definition) is 1. The number of benzene rings is 2. The Balaban J connectivity index is 1.61. The fraction of sp³-hybridized carbons (Fsp3) is 0.385. The van der Waals surface area contributed by atoms with Gasteiger partial charge >= 0.3 is 0 Å². The molecule has 2 aromatic carbocycles. The zero-order valence-electron chi connectivity index (χ0n) is 19.7. The first kappa shape index (κ1) is 22.9. The van der Waals surface area contributed by atoms with Gasteiger partial charge in [-0.1, -0.05) is 18.2 Å². The van der Waals surface area contributed by atoms with Crippen molar-refractivity contribution in [2.75, 3.05) is 27.3 Å². The van der Waals surface area contributed by atoms with Crippen LogP contribution in [0.1, 0.15) is 47.8 Å². The highest BCUT2D eigenvalue weighted by atomic mass is 16.5. The van der Waals surface area contributed by atoms with E-state index in [-0.39, 0.29) is 5.91 Å². The van der Waals surface area contributed by atoms with Gasteiger partial charge in [0.15, 0.2) is 0 Å². The zero-order valence-corrected chi connectivity index (χ0v) is 19.7. The third-order valence-electron chi connectivity index (χ3n) is 6.31. The molecule has 0 bridgehead atoms. The summed E-state index contributed by atoms with van der Waals surface area (Å²) >= 11 is 0. The Labute approximate surface area is 195 Å². The molecule has 1 aromatic heterocycles. The third kappa shape index (κ3) is 4.88. The largest absolute Gasteiger partial charge is 0.497 e. The molecule has 4 rings (SSSR count). The SMILES string of the molecule is COc1ccc(OC)c(C(=O)NCc2cnn(-c3ccccc3)c2[C@@H]2CCN(C(C)C)C2)c1. The molecule has 3 aromatic rings. The van der Waals surface area contributed by atoms with Gasteiger partial charge in [-0.05, 0) is 57.1 Å². The van der Waals surface area contributed by atoms with Crippen molar-refractivity contribution in [1.82, 2.24) is 20.0 Å². The maximum absolute atomic E-state index is 13.0. The molecule has 1 saturated heterocycles. The molecule has 7 heteroatoms. The lowest BCUT2D eigenvalue weighted by Crippen LogP contribution is -2.28. The van der Waals surface area contributed by atoms with E-state index in [0.717, 1.165) is 30.8 Å². The number of amides is 1. The first-order valence-electron chi connectivity index (χ1n) is 11.4. The van der Waals surface area contributed by atoms with Gasteiger partial charge in [-0.15, -0.1) is 0 Å². The van der Waals surface area contributed by atoms with Gasteiger partial charge < -0.3 is 19.7 Å². The van der Waals surface area contributed by atoms with Crippen molar-refractivity contribution in [2.45, 2.75) is 38.8 Å². The first-order chi connectivity index (χ1) is 16.0. The molecular formula is C26H32N4O3. The van der Waals surface area contributed by atoms with Crippen molar-refractivity contribution < 1.29 is 14.3 Å². The number of hydrogen-bond acceptors (Lipinski definition) is 5. The van der Waals surface area contributed by atoms with Crippen molar-refractivity contribution in [3.8, 4) is 17.2 Å². The molecular weight excluding hydrogens is 416 g/mol. The molecule has 1 N–H and O–H groups in total. The summed E-state index contributed by atoms with van der Waals surface area (Å²) in [5, 5.41) is 7.78. The van der Waals surface area contributed by atoms with Crippen LogP contribution in [0, 0.1) is 0 Å². The van der Waals surface area contributed by atoms with Crippen LogP contribution < -0.4 is 14.8 Å². The van der Waals surface area contributed by atoms with Gasteiger partial charge in [0.2, 0.25) is 0 Å². The van der Waals surface area contributed by atoms with Crippen LogP contribution in [0.15, 0.2) is 54.7 Å². The normalized spacial score (nSPS) is 16.2. The standard InChI is InChI=1S/C26H32N4O3/c1-18(2)29-13-12-19(17-29)25-20(16-28-30(25)21-8-6-5-7-9-21)15-27-26(31)23-14-22(32-3)10-11-24(23)33-4/h5-11,14,16,18-19H,12-13,15,17H2,1-4H3,(H,27,31)/t19-/m1/s1. The number of likely N-dealkylation sites (tertiary alicyclic amines) is 1. The van der Waals surface area contributed by atoms with E-state index in [1.807, 2.05) is 29.1 Å². The van der Waals surface area contributed by atoms with Gasteiger partial charge in [-0.3, -0.25) is 4.79 Å². The molecule has 0 spiro atoms. The molecule has 174 valence electrons. The number of methoxy groups -OCH3 is 2. The predicted octanol–water partition coefficient (Wildman–Crippen LogP) is 4.02. The Kier molecular flexibility index (Phi) is 6.99. The molecule has 1 fully saturated rings. The van der Waals surface area contributed by atoms with Crippen LogP contribution in [0.25, 0.3) is 5.69 Å². The zero-order chi connectivity index (χ0) is 23.4. The Morgan fingerprint density at radius 1 is 1.15 bits per heavy atom. The van der Waals surface area contributed by atoms with Crippen LogP contribution in [0.3, 0.4) is 0 Å². The summed E-state index contributed by atoms with van der Waals surface area (Å²) in [6.07, 6.45) is 2.95. The highest BCUT2D eigenvalue weighted by Crippen LogP contribution is 2.32. The second kappa shape index (κ2) is 10.1. The predicted molar refractivity (Wildman–Crippen MR) is 128 cm³/mol. The summed E-state index contributed by atoms with van der Waals surface area (Å²) in [6.45, 7) is 6.91. The molecule has 1 amide bonds. The number of carbonyl (C=O) groups is 1. The maximum Gasteiger partial charge on any atom is 0.255 e. The van der Waals surface area contributed by atoms with Gasteiger partial charge in [0.05, 0.1) is 37.4 Å². The molecule has 7 nitrogen and oxygen atoms in total. The van der Waals surface area contributed by atoms with Gasteiger partial charge in [0.1, 0.15) is 11.5 Å². The number of rotatable bonds is 8. The number of nitrogens with zero attached hydrogens (tertiary/aromatic N) is 3. The molecule has 0 radical (unpaired) electrons. The molecule has 1 aliphatic rings. The van der Waals surface area contributed by atoms with E-state index in [9.17, 15) is 4.79 Å². The fourth-order valence-electron chi connectivity index (χ4n) is 4.48. The average Bonchev–Trinajstić information content (AvgIpc) is 3.50. The molecule has 0 saturated carbocycles. The summed E-state index contributed by atoms with van der Waals surface area (Å²) in [6, 6.07) is 15.9. The van der Waals surface area contributed by atoms with Crippen LogP contribution in [0.5, 0.6) is 11.5 Å². The average molecular weight is 449 g/mol. The summed E-state index contributed by atoms with van der Waals surface area (Å²) in [4.78, 5) is 15.5. The van der Waals surface area contributed by atoms with E-state index in [0.29, 0.717) is 35.6 Å². The number of para-hydroxylation sites is 1. The van der Waals surface area contributed by atoms with Crippen molar-refractivity contribution in [3.63, 3.8) is 0 Å². The summed E-state index contributed by atoms with van der Waals surface area (Å²) in [5.41, 5.74) is 3.68. The van der Waals surface area contributed by atoms with Crippen molar-refractivity contribution in [1.29, 1.82) is 0 Å². The van der Waals surface area contributed by atoms with E-state index in [4.69, 9.17) is 14.6 Å². The topological polar surface area (TPSA) is 68.6 Å². The quantitative estimate of drug-likeness (QED) is 0.564. The first-order valence-corrected chi connectivity index (χ1v) is 11.4. The number of ether oxygens (including phenoxy) is 2. The summed E-state index contributed by atoms with van der Waals surface area (Å²) in [7, 11) is 3.14. The van der Waals surface area contributed by atoms with E-state index in [1.54, 1.807) is 32.4 Å². The lowest BCUT2D eigenvalue weighted by atomic mass is 10.00. The van der Waals surface area contributed by atoms with Crippen molar-refractivity contribution >= 4 is 5.91 Å². The second-order valence-corrected chi connectivity index (χ2v) is 8.63. The minimum atomic E-state index is -0.209. The third-order valence-corrected chi connectivity index (χ3v) is 6.31. The van der Waals surface area contributed by atoms with Gasteiger partial charge in [0, 0.05) is 30.6 Å². The highest BCUT2D eigenvalue weighted by Gasteiger charge is 2.30. The molecule has 2 heterocycles. The molecule has 1 aliphatic heterocycles. The smallest absolute Gasteiger partial charge is 0.255 e. The monoisotopic (exact) mass is 448 g/mol. The number of carbonyl (C=O) groups excluding carboxylic acids is 1. The fourth-order valence-corrected chi connectivity index (χ4v) is 4.48. The lowest BCUT2D eigenvalue weighted by Gasteiger charge is -2.21. The Hall–Kier alpha value is -3.32. The Morgan fingerprint density at radius 2 is 1.94 bits per heavy atom. The highest BCUT2D eigenvalue weighted by molar-refractivity contribution is 5.97. The van der Waals surface area contributed by atoms with Crippen molar-refractivity contribution in [2.24, 2.45) is 0 Å². The molecule has 33 heavy (non-hydrogen) atoms. The van der Waals surface area contributed by atoms with E-state index in [1.165, 1.54) is 5.69 Å².